The molecule has 1 atom stereocenters. The number of nitrogens with zero attached hydrogens (tertiary/aromatic N) is 3. The van der Waals surface area contributed by atoms with Crippen molar-refractivity contribution in [2.45, 2.75) is 19.9 Å². The predicted octanol–water partition coefficient (Wildman–Crippen LogP) is 2.50. The van der Waals surface area contributed by atoms with Crippen molar-refractivity contribution in [3.8, 4) is 10.7 Å². The zero-order chi connectivity index (χ0) is 14.9. The molecule has 0 amide bonds. The maximum absolute atomic E-state index is 11.3. The Hall–Kier alpha value is -1.79. The van der Waals surface area contributed by atoms with E-state index in [1.54, 1.807) is 17.5 Å². The first kappa shape index (κ1) is 14.2. The van der Waals surface area contributed by atoms with E-state index in [1.807, 2.05) is 30.5 Å². The van der Waals surface area contributed by atoms with Crippen molar-refractivity contribution in [3.63, 3.8) is 0 Å². The van der Waals surface area contributed by atoms with Gasteiger partial charge in [-0.15, -0.1) is 11.3 Å². The quantitative estimate of drug-likeness (QED) is 0.940. The Bertz CT molecular complexity index is 643. The van der Waals surface area contributed by atoms with Crippen LogP contribution in [0.25, 0.3) is 10.7 Å². The molecule has 1 aliphatic rings. The van der Waals surface area contributed by atoms with Crippen molar-refractivity contribution in [3.05, 3.63) is 35.5 Å². The molecule has 6 heteroatoms. The van der Waals surface area contributed by atoms with Gasteiger partial charge < -0.3 is 5.11 Å². The number of carboxylic acids is 1. The average molecular weight is 303 g/mol. The second-order valence-electron chi connectivity index (χ2n) is 5.69. The number of carbonyl (C=O) groups is 1. The third-order valence-electron chi connectivity index (χ3n) is 3.89. The Morgan fingerprint density at radius 3 is 3.05 bits per heavy atom. The van der Waals surface area contributed by atoms with E-state index >= 15 is 0 Å². The van der Waals surface area contributed by atoms with Crippen LogP contribution in [-0.4, -0.2) is 39.0 Å². The molecule has 3 rings (SSSR count). The fourth-order valence-corrected chi connectivity index (χ4v) is 3.37. The molecule has 0 saturated carbocycles. The summed E-state index contributed by atoms with van der Waals surface area (Å²) in [5, 5.41) is 12.2. The summed E-state index contributed by atoms with van der Waals surface area (Å²) in [5.41, 5.74) is 1.24. The summed E-state index contributed by atoms with van der Waals surface area (Å²) in [6, 6.07) is 5.77. The highest BCUT2D eigenvalue weighted by Gasteiger charge is 2.40. The zero-order valence-electron chi connectivity index (χ0n) is 11.8. The van der Waals surface area contributed by atoms with E-state index in [2.05, 4.69) is 14.9 Å². The van der Waals surface area contributed by atoms with Crippen LogP contribution in [0.1, 0.15) is 19.0 Å². The second-order valence-corrected chi connectivity index (χ2v) is 6.54. The highest BCUT2D eigenvalue weighted by atomic mass is 32.1. The lowest BCUT2D eigenvalue weighted by Gasteiger charge is -2.19. The summed E-state index contributed by atoms with van der Waals surface area (Å²) >= 11 is 1.58. The normalized spacial score (nSPS) is 22.5. The van der Waals surface area contributed by atoms with Crippen molar-refractivity contribution in [2.24, 2.45) is 5.41 Å². The standard InChI is InChI=1S/C15H17N3O2S/c1-15(14(19)20)5-7-18(10-15)8-11-9-21-13(17-11)12-4-2-3-6-16-12/h2-4,6,9H,5,7-8,10H2,1H3,(H,19,20). The Kier molecular flexibility index (Phi) is 3.73. The maximum atomic E-state index is 11.3. The Morgan fingerprint density at radius 1 is 1.52 bits per heavy atom. The summed E-state index contributed by atoms with van der Waals surface area (Å²) in [5.74, 6) is -0.711. The summed E-state index contributed by atoms with van der Waals surface area (Å²) in [4.78, 5) is 22.3. The molecule has 0 aromatic carbocycles. The summed E-state index contributed by atoms with van der Waals surface area (Å²) in [6.45, 7) is 3.90. The minimum atomic E-state index is -0.711. The number of aliphatic carboxylic acids is 1. The molecule has 0 bridgehead atoms. The monoisotopic (exact) mass is 303 g/mol. The van der Waals surface area contributed by atoms with Crippen LogP contribution in [0.5, 0.6) is 0 Å². The molecule has 1 aliphatic heterocycles. The number of rotatable bonds is 4. The van der Waals surface area contributed by atoms with Gasteiger partial charge in [0, 0.05) is 24.7 Å². The Balaban J connectivity index is 1.68. The molecular formula is C15H17N3O2S. The largest absolute Gasteiger partial charge is 0.481 e. The van der Waals surface area contributed by atoms with Crippen molar-refractivity contribution in [1.29, 1.82) is 0 Å². The molecule has 1 saturated heterocycles. The fourth-order valence-electron chi connectivity index (χ4n) is 2.58. The minimum Gasteiger partial charge on any atom is -0.481 e. The van der Waals surface area contributed by atoms with Crippen LogP contribution in [0.3, 0.4) is 0 Å². The molecule has 1 N–H and O–H groups in total. The van der Waals surface area contributed by atoms with Gasteiger partial charge in [0.25, 0.3) is 0 Å². The zero-order valence-corrected chi connectivity index (χ0v) is 12.6. The minimum absolute atomic E-state index is 0.582. The van der Waals surface area contributed by atoms with Crippen molar-refractivity contribution in [2.75, 3.05) is 13.1 Å². The number of carboxylic acid groups (broad SMARTS) is 1. The smallest absolute Gasteiger partial charge is 0.310 e. The molecule has 0 aliphatic carbocycles. The molecule has 1 unspecified atom stereocenters. The van der Waals surface area contributed by atoms with E-state index in [9.17, 15) is 9.90 Å². The van der Waals surface area contributed by atoms with Gasteiger partial charge in [-0.3, -0.25) is 14.7 Å². The van der Waals surface area contributed by atoms with Gasteiger partial charge in [0.15, 0.2) is 0 Å². The molecule has 1 fully saturated rings. The Labute approximate surface area is 127 Å². The van der Waals surface area contributed by atoms with Gasteiger partial charge in [-0.05, 0) is 32.0 Å². The molecule has 0 spiro atoms. The van der Waals surface area contributed by atoms with Gasteiger partial charge in [0.05, 0.1) is 16.8 Å². The third-order valence-corrected chi connectivity index (χ3v) is 4.80. The van der Waals surface area contributed by atoms with E-state index in [0.717, 1.165) is 22.9 Å². The molecule has 21 heavy (non-hydrogen) atoms. The van der Waals surface area contributed by atoms with Crippen molar-refractivity contribution < 1.29 is 9.90 Å². The predicted molar refractivity (Wildman–Crippen MR) is 81.0 cm³/mol. The fraction of sp³-hybridized carbons (Fsp3) is 0.400. The molecule has 2 aromatic heterocycles. The molecule has 0 radical (unpaired) electrons. The summed E-state index contributed by atoms with van der Waals surface area (Å²) in [6.07, 6.45) is 2.45. The van der Waals surface area contributed by atoms with Crippen LogP contribution in [0, 0.1) is 5.41 Å². The van der Waals surface area contributed by atoms with Crippen LogP contribution in [0.4, 0.5) is 0 Å². The SMILES string of the molecule is CC1(C(=O)O)CCN(Cc2csc(-c3ccccn3)n2)C1. The topological polar surface area (TPSA) is 66.3 Å². The third kappa shape index (κ3) is 2.96. The first-order chi connectivity index (χ1) is 10.1. The number of aromatic nitrogens is 2. The maximum Gasteiger partial charge on any atom is 0.310 e. The molecule has 5 nitrogen and oxygen atoms in total. The van der Waals surface area contributed by atoms with Gasteiger partial charge in [-0.25, -0.2) is 4.98 Å². The van der Waals surface area contributed by atoms with Gasteiger partial charge in [-0.2, -0.15) is 0 Å². The van der Waals surface area contributed by atoms with Crippen molar-refractivity contribution in [1.82, 2.24) is 14.9 Å². The number of hydrogen-bond acceptors (Lipinski definition) is 5. The summed E-state index contributed by atoms with van der Waals surface area (Å²) < 4.78 is 0. The lowest BCUT2D eigenvalue weighted by molar-refractivity contribution is -0.147. The molecule has 3 heterocycles. The highest BCUT2D eigenvalue weighted by molar-refractivity contribution is 7.13. The number of hydrogen-bond donors (Lipinski definition) is 1. The van der Waals surface area contributed by atoms with Crippen LogP contribution in [0.15, 0.2) is 29.8 Å². The number of thiazole rings is 1. The van der Waals surface area contributed by atoms with Crippen LogP contribution < -0.4 is 0 Å². The van der Waals surface area contributed by atoms with E-state index in [1.165, 1.54) is 0 Å². The van der Waals surface area contributed by atoms with Gasteiger partial charge in [-0.1, -0.05) is 6.07 Å². The number of pyridine rings is 1. The van der Waals surface area contributed by atoms with Gasteiger partial charge in [0.1, 0.15) is 5.01 Å². The number of likely N-dealkylation sites (tertiary alicyclic amines) is 1. The van der Waals surface area contributed by atoms with Gasteiger partial charge >= 0.3 is 5.97 Å². The summed E-state index contributed by atoms with van der Waals surface area (Å²) in [7, 11) is 0. The Morgan fingerprint density at radius 2 is 2.38 bits per heavy atom. The van der Waals surface area contributed by atoms with Crippen LogP contribution >= 0.6 is 11.3 Å². The molecule has 110 valence electrons. The second kappa shape index (κ2) is 5.54. The van der Waals surface area contributed by atoms with E-state index < -0.39 is 11.4 Å². The van der Waals surface area contributed by atoms with E-state index in [4.69, 9.17) is 0 Å². The molecule has 2 aromatic rings. The average Bonchev–Trinajstić information content (AvgIpc) is 3.08. The van der Waals surface area contributed by atoms with Gasteiger partial charge in [0.2, 0.25) is 0 Å². The van der Waals surface area contributed by atoms with Crippen LogP contribution in [-0.2, 0) is 11.3 Å². The van der Waals surface area contributed by atoms with E-state index in [-0.39, 0.29) is 0 Å². The molecular weight excluding hydrogens is 286 g/mol. The lowest BCUT2D eigenvalue weighted by atomic mass is 9.90. The highest BCUT2D eigenvalue weighted by Crippen LogP contribution is 2.31. The first-order valence-corrected chi connectivity index (χ1v) is 7.76. The van der Waals surface area contributed by atoms with Crippen LogP contribution in [0.2, 0.25) is 0 Å². The first-order valence-electron chi connectivity index (χ1n) is 6.88. The van der Waals surface area contributed by atoms with E-state index in [0.29, 0.717) is 19.5 Å². The van der Waals surface area contributed by atoms with Crippen molar-refractivity contribution >= 4 is 17.3 Å². The lowest BCUT2D eigenvalue weighted by Crippen LogP contribution is -2.31.